The molecule has 4 rings (SSSR count). The lowest BCUT2D eigenvalue weighted by Gasteiger charge is -2.20. The van der Waals surface area contributed by atoms with Crippen molar-refractivity contribution in [3.05, 3.63) is 51.9 Å². The van der Waals surface area contributed by atoms with Crippen LogP contribution in [-0.4, -0.2) is 49.0 Å². The Labute approximate surface area is 203 Å². The van der Waals surface area contributed by atoms with Gasteiger partial charge in [-0.1, -0.05) is 19.9 Å². The van der Waals surface area contributed by atoms with E-state index < -0.39 is 28.7 Å². The van der Waals surface area contributed by atoms with Crippen LogP contribution in [0, 0.1) is 0 Å². The van der Waals surface area contributed by atoms with Gasteiger partial charge in [-0.3, -0.25) is 19.7 Å². The van der Waals surface area contributed by atoms with E-state index in [0.29, 0.717) is 28.6 Å². The molecule has 1 N–H and O–H groups in total. The van der Waals surface area contributed by atoms with Gasteiger partial charge in [0.05, 0.1) is 11.5 Å². The van der Waals surface area contributed by atoms with Crippen LogP contribution in [0.2, 0.25) is 0 Å². The number of nitrogens with one attached hydrogen (secondary N) is 1. The van der Waals surface area contributed by atoms with E-state index in [1.54, 1.807) is 20.2 Å². The first kappa shape index (κ1) is 24.6. The van der Waals surface area contributed by atoms with Gasteiger partial charge in [-0.05, 0) is 47.7 Å². The minimum atomic E-state index is -4.97. The van der Waals surface area contributed by atoms with Gasteiger partial charge in [0.15, 0.2) is 0 Å². The summed E-state index contributed by atoms with van der Waals surface area (Å²) in [4.78, 5) is 37.7. The average Bonchev–Trinajstić information content (AvgIpc) is 3.24. The van der Waals surface area contributed by atoms with E-state index >= 15 is 0 Å². The maximum atomic E-state index is 13.3. The molecule has 0 aromatic heterocycles. The number of thioether (sulfide) groups is 1. The van der Waals surface area contributed by atoms with Crippen molar-refractivity contribution in [1.82, 2.24) is 10.2 Å². The molecule has 0 atom stereocenters. The zero-order valence-corrected chi connectivity index (χ0v) is 20.0. The minimum absolute atomic E-state index is 0.0220. The Hall–Kier alpha value is -3.47. The topological polar surface area (TPSA) is 84.9 Å². The molecule has 0 radical (unpaired) electrons. The van der Waals surface area contributed by atoms with Gasteiger partial charge in [0.1, 0.15) is 11.5 Å². The fraction of sp³-hybridized carbons (Fsp3) is 0.292. The van der Waals surface area contributed by atoms with Gasteiger partial charge in [0.25, 0.3) is 17.1 Å². The summed E-state index contributed by atoms with van der Waals surface area (Å²) in [6.07, 6.45) is -3.58. The van der Waals surface area contributed by atoms with Crippen LogP contribution in [-0.2, 0) is 10.2 Å². The van der Waals surface area contributed by atoms with Gasteiger partial charge in [0.2, 0.25) is 0 Å². The van der Waals surface area contributed by atoms with E-state index in [1.807, 2.05) is 13.8 Å². The van der Waals surface area contributed by atoms with E-state index in [4.69, 9.17) is 4.74 Å². The van der Waals surface area contributed by atoms with Crippen LogP contribution in [0.1, 0.15) is 35.3 Å². The lowest BCUT2D eigenvalue weighted by atomic mass is 9.83. The number of amides is 3. The lowest BCUT2D eigenvalue weighted by Crippen LogP contribution is -2.23. The van der Waals surface area contributed by atoms with Crippen LogP contribution in [0.25, 0.3) is 17.2 Å². The van der Waals surface area contributed by atoms with Crippen LogP contribution in [0.4, 0.5) is 18.0 Å². The minimum Gasteiger partial charge on any atom is -0.492 e. The highest BCUT2D eigenvalue weighted by Crippen LogP contribution is 2.48. The summed E-state index contributed by atoms with van der Waals surface area (Å²) in [6, 6.07) is 7.03. The van der Waals surface area contributed by atoms with Gasteiger partial charge in [-0.15, -0.1) is 13.2 Å². The van der Waals surface area contributed by atoms with Crippen molar-refractivity contribution in [2.24, 2.45) is 0 Å². The smallest absolute Gasteiger partial charge is 0.492 e. The molecular formula is C24H21F3N2O5S. The molecule has 2 aromatic rings. The highest BCUT2D eigenvalue weighted by Gasteiger charge is 2.37. The van der Waals surface area contributed by atoms with Crippen LogP contribution in [0.15, 0.2) is 35.2 Å². The van der Waals surface area contributed by atoms with Gasteiger partial charge in [-0.2, -0.15) is 0 Å². The number of nitrogens with zero attached hydrogens (tertiary/aromatic N) is 1. The molecule has 1 saturated heterocycles. The third kappa shape index (κ3) is 5.00. The second kappa shape index (κ2) is 8.63. The van der Waals surface area contributed by atoms with Gasteiger partial charge >= 0.3 is 6.36 Å². The molecule has 0 saturated carbocycles. The Kier molecular flexibility index (Phi) is 6.08. The number of carbonyl (C=O) groups is 3. The van der Waals surface area contributed by atoms with E-state index in [0.717, 1.165) is 6.07 Å². The maximum Gasteiger partial charge on any atom is 0.573 e. The Morgan fingerprint density at radius 3 is 2.49 bits per heavy atom. The number of hydrogen-bond acceptors (Lipinski definition) is 6. The number of carbonyl (C=O) groups excluding carboxylic acids is 3. The van der Waals surface area contributed by atoms with Crippen molar-refractivity contribution in [2.75, 3.05) is 20.7 Å². The number of ether oxygens (including phenoxy) is 2. The fourth-order valence-electron chi connectivity index (χ4n) is 3.83. The second-order valence-corrected chi connectivity index (χ2v) is 9.94. The number of alkyl halides is 3. The Bertz CT molecular complexity index is 1280. The molecule has 35 heavy (non-hydrogen) atoms. The van der Waals surface area contributed by atoms with E-state index in [1.165, 1.54) is 29.2 Å². The molecule has 0 aliphatic carbocycles. The molecule has 3 amide bonds. The summed E-state index contributed by atoms with van der Waals surface area (Å²) in [5.74, 6) is -1.07. The van der Waals surface area contributed by atoms with Crippen molar-refractivity contribution >= 4 is 34.9 Å². The largest absolute Gasteiger partial charge is 0.573 e. The predicted octanol–water partition coefficient (Wildman–Crippen LogP) is 4.95. The molecule has 7 nitrogen and oxygen atoms in total. The zero-order valence-electron chi connectivity index (χ0n) is 19.2. The standard InChI is InChI=1S/C24H21F3N2O5S/c1-23(2)11-33-19-15(9-13(10-16(19)23)21(31)29(3)4)14-7-12(5-6-17(14)34-24(25,26)27)8-18-20(30)28-22(32)35-18/h5-10H,11H2,1-4H3,(H,28,30,32)/b18-8+. The molecule has 2 aliphatic rings. The first-order chi connectivity index (χ1) is 16.2. The number of hydrogen-bond donors (Lipinski definition) is 1. The molecule has 2 aliphatic heterocycles. The summed E-state index contributed by atoms with van der Waals surface area (Å²) < 4.78 is 49.9. The van der Waals surface area contributed by atoms with Crippen molar-refractivity contribution in [3.63, 3.8) is 0 Å². The molecule has 0 spiro atoms. The average molecular weight is 507 g/mol. The Morgan fingerprint density at radius 1 is 1.17 bits per heavy atom. The monoisotopic (exact) mass is 506 g/mol. The number of fused-ring (bicyclic) bond motifs is 1. The summed E-state index contributed by atoms with van der Waals surface area (Å²) in [7, 11) is 3.15. The maximum absolute atomic E-state index is 13.3. The molecule has 2 aromatic carbocycles. The molecule has 184 valence electrons. The summed E-state index contributed by atoms with van der Waals surface area (Å²) >= 11 is 0.689. The van der Waals surface area contributed by atoms with Gasteiger partial charge in [0, 0.05) is 41.8 Å². The summed E-state index contributed by atoms with van der Waals surface area (Å²) in [6.45, 7) is 4.09. The highest BCUT2D eigenvalue weighted by molar-refractivity contribution is 8.18. The summed E-state index contributed by atoms with van der Waals surface area (Å²) in [5, 5.41) is 1.59. The summed E-state index contributed by atoms with van der Waals surface area (Å²) in [5.41, 5.74) is 1.10. The zero-order chi connectivity index (χ0) is 25.7. The van der Waals surface area contributed by atoms with E-state index in [2.05, 4.69) is 10.1 Å². The lowest BCUT2D eigenvalue weighted by molar-refractivity contribution is -0.274. The third-order valence-corrected chi connectivity index (χ3v) is 6.32. The van der Waals surface area contributed by atoms with E-state index in [-0.39, 0.29) is 34.1 Å². The fourth-order valence-corrected chi connectivity index (χ4v) is 4.52. The molecule has 0 bridgehead atoms. The molecule has 1 fully saturated rings. The van der Waals surface area contributed by atoms with Crippen LogP contribution in [0.3, 0.4) is 0 Å². The highest BCUT2D eigenvalue weighted by atomic mass is 32.2. The third-order valence-electron chi connectivity index (χ3n) is 5.51. The van der Waals surface area contributed by atoms with Crippen LogP contribution in [0.5, 0.6) is 11.5 Å². The molecule has 2 heterocycles. The molecule has 0 unspecified atom stereocenters. The van der Waals surface area contributed by atoms with Crippen LogP contribution < -0.4 is 14.8 Å². The predicted molar refractivity (Wildman–Crippen MR) is 124 cm³/mol. The number of benzene rings is 2. The van der Waals surface area contributed by atoms with E-state index in [9.17, 15) is 27.6 Å². The Balaban J connectivity index is 1.95. The Morgan fingerprint density at radius 2 is 1.89 bits per heavy atom. The SMILES string of the molecule is CN(C)C(=O)c1cc(-c2cc(/C=C3/SC(=O)NC3=O)ccc2OC(F)(F)F)c2c(c1)C(C)(C)CO2. The van der Waals surface area contributed by atoms with Crippen molar-refractivity contribution < 1.29 is 37.0 Å². The number of imide groups is 1. The van der Waals surface area contributed by atoms with Crippen molar-refractivity contribution in [1.29, 1.82) is 0 Å². The first-order valence-electron chi connectivity index (χ1n) is 10.4. The quantitative estimate of drug-likeness (QED) is 0.591. The number of rotatable bonds is 4. The molecular weight excluding hydrogens is 485 g/mol. The van der Waals surface area contributed by atoms with Crippen LogP contribution >= 0.6 is 11.8 Å². The normalized spacial score (nSPS) is 17.7. The first-order valence-corrected chi connectivity index (χ1v) is 11.2. The van der Waals surface area contributed by atoms with Crippen molar-refractivity contribution in [2.45, 2.75) is 25.6 Å². The van der Waals surface area contributed by atoms with Gasteiger partial charge < -0.3 is 14.4 Å². The number of halogens is 3. The molecule has 11 heteroatoms. The van der Waals surface area contributed by atoms with Gasteiger partial charge in [-0.25, -0.2) is 0 Å². The second-order valence-electron chi connectivity index (χ2n) is 8.93. The van der Waals surface area contributed by atoms with Crippen molar-refractivity contribution in [3.8, 4) is 22.6 Å².